The van der Waals surface area contributed by atoms with E-state index in [1.165, 1.54) is 24.3 Å². The second kappa shape index (κ2) is 9.24. The van der Waals surface area contributed by atoms with Crippen LogP contribution in [-0.4, -0.2) is 47.0 Å². The quantitative estimate of drug-likeness (QED) is 0.323. The van der Waals surface area contributed by atoms with Gasteiger partial charge in [-0.25, -0.2) is 14.4 Å². The molecular weight excluding hydrogens is 375 g/mol. The molecule has 0 atom stereocenters. The number of benzene rings is 2. The molecule has 0 fully saturated rings. The van der Waals surface area contributed by atoms with Crippen LogP contribution in [0.5, 0.6) is 0 Å². The maximum Gasteiger partial charge on any atom is 0.271 e. The van der Waals surface area contributed by atoms with E-state index >= 15 is 0 Å². The number of hydrogen-bond donors (Lipinski definition) is 2. The summed E-state index contributed by atoms with van der Waals surface area (Å²) in [5, 5.41) is 17.5. The Bertz CT molecular complexity index is 994. The van der Waals surface area contributed by atoms with Crippen molar-refractivity contribution in [3.05, 3.63) is 64.0 Å². The summed E-state index contributed by atoms with van der Waals surface area (Å²) in [5.74, 6) is 0.781. The average Bonchev–Trinajstić information content (AvgIpc) is 2.70. The van der Waals surface area contributed by atoms with E-state index in [1.54, 1.807) is 18.2 Å². The molecule has 0 aliphatic heterocycles. The van der Waals surface area contributed by atoms with Gasteiger partial charge in [0.15, 0.2) is 11.6 Å². The van der Waals surface area contributed by atoms with Gasteiger partial charge in [-0.05, 0) is 50.8 Å². The zero-order valence-corrected chi connectivity index (χ0v) is 16.4. The van der Waals surface area contributed by atoms with Gasteiger partial charge < -0.3 is 15.5 Å². The van der Waals surface area contributed by atoms with Gasteiger partial charge in [0.25, 0.3) is 5.69 Å². The predicted molar refractivity (Wildman–Crippen MR) is 112 cm³/mol. The number of fused-ring (bicyclic) bond motifs is 1. The largest absolute Gasteiger partial charge is 0.367 e. The van der Waals surface area contributed by atoms with Crippen LogP contribution in [0.15, 0.2) is 42.5 Å². The molecule has 1 aromatic heterocycles. The van der Waals surface area contributed by atoms with Crippen molar-refractivity contribution in [1.29, 1.82) is 0 Å². The van der Waals surface area contributed by atoms with Gasteiger partial charge in [0.1, 0.15) is 5.82 Å². The number of nitrogens with zero attached hydrogens (tertiary/aromatic N) is 4. The van der Waals surface area contributed by atoms with Gasteiger partial charge in [-0.2, -0.15) is 0 Å². The lowest BCUT2D eigenvalue weighted by atomic mass is 10.2. The summed E-state index contributed by atoms with van der Waals surface area (Å²) in [4.78, 5) is 21.8. The molecule has 29 heavy (non-hydrogen) atoms. The molecule has 1 heterocycles. The molecule has 3 aromatic rings. The van der Waals surface area contributed by atoms with Gasteiger partial charge >= 0.3 is 0 Å². The summed E-state index contributed by atoms with van der Waals surface area (Å²) in [6.07, 6.45) is 0.902. The van der Waals surface area contributed by atoms with Gasteiger partial charge in [0.2, 0.25) is 0 Å². The Morgan fingerprint density at radius 2 is 1.72 bits per heavy atom. The van der Waals surface area contributed by atoms with E-state index in [1.807, 2.05) is 14.1 Å². The number of aromatic nitrogens is 2. The molecule has 0 aliphatic carbocycles. The van der Waals surface area contributed by atoms with E-state index < -0.39 is 4.92 Å². The molecule has 0 spiro atoms. The molecular formula is C20H23FN6O2. The zero-order valence-electron chi connectivity index (χ0n) is 16.4. The standard InChI is InChI=1S/C20H23FN6O2/c1-26(2)11-3-10-22-19-20(23-13-14-4-6-15(21)7-5-14)24-17-9-8-16(27(28)29)12-18(17)25-19/h4-9,12H,3,10-11,13H2,1-2H3,(H,22,25)(H,23,24). The maximum absolute atomic E-state index is 13.1. The summed E-state index contributed by atoms with van der Waals surface area (Å²) in [7, 11) is 4.01. The van der Waals surface area contributed by atoms with E-state index in [9.17, 15) is 14.5 Å². The Morgan fingerprint density at radius 3 is 2.41 bits per heavy atom. The molecule has 0 radical (unpaired) electrons. The van der Waals surface area contributed by atoms with Gasteiger partial charge in [0, 0.05) is 25.2 Å². The number of hydrogen-bond acceptors (Lipinski definition) is 7. The number of nitro benzene ring substituents is 1. The lowest BCUT2D eigenvalue weighted by Gasteiger charge is -2.14. The highest BCUT2D eigenvalue weighted by Gasteiger charge is 2.13. The Kier molecular flexibility index (Phi) is 6.50. The summed E-state index contributed by atoms with van der Waals surface area (Å²) < 4.78 is 13.1. The van der Waals surface area contributed by atoms with Crippen LogP contribution < -0.4 is 10.6 Å². The van der Waals surface area contributed by atoms with Crippen LogP contribution in [0.3, 0.4) is 0 Å². The molecule has 3 rings (SSSR count). The maximum atomic E-state index is 13.1. The lowest BCUT2D eigenvalue weighted by Crippen LogP contribution is -2.17. The van der Waals surface area contributed by atoms with Crippen LogP contribution in [0.4, 0.5) is 21.7 Å². The van der Waals surface area contributed by atoms with Gasteiger partial charge in [0.05, 0.1) is 16.0 Å². The molecule has 0 bridgehead atoms. The molecule has 0 saturated heterocycles. The van der Waals surface area contributed by atoms with Crippen molar-refractivity contribution in [2.75, 3.05) is 37.8 Å². The first-order valence-electron chi connectivity index (χ1n) is 9.25. The van der Waals surface area contributed by atoms with Crippen LogP contribution in [-0.2, 0) is 6.54 Å². The van der Waals surface area contributed by atoms with E-state index in [4.69, 9.17) is 0 Å². The fraction of sp³-hybridized carbons (Fsp3) is 0.300. The van der Waals surface area contributed by atoms with Crippen molar-refractivity contribution in [1.82, 2.24) is 14.9 Å². The van der Waals surface area contributed by atoms with Crippen molar-refractivity contribution in [2.24, 2.45) is 0 Å². The fourth-order valence-corrected chi connectivity index (χ4v) is 2.79. The smallest absolute Gasteiger partial charge is 0.271 e. The first kappa shape index (κ1) is 20.4. The van der Waals surface area contributed by atoms with Crippen molar-refractivity contribution in [3.8, 4) is 0 Å². The minimum absolute atomic E-state index is 0.0302. The second-order valence-electron chi connectivity index (χ2n) is 6.91. The molecule has 2 aromatic carbocycles. The Balaban J connectivity index is 1.85. The lowest BCUT2D eigenvalue weighted by molar-refractivity contribution is -0.384. The number of nitrogens with one attached hydrogen (secondary N) is 2. The highest BCUT2D eigenvalue weighted by molar-refractivity contribution is 5.82. The molecule has 0 aliphatic rings. The minimum atomic E-state index is -0.452. The highest BCUT2D eigenvalue weighted by Crippen LogP contribution is 2.25. The minimum Gasteiger partial charge on any atom is -0.367 e. The molecule has 0 amide bonds. The molecule has 2 N–H and O–H groups in total. The van der Waals surface area contributed by atoms with Crippen LogP contribution >= 0.6 is 0 Å². The summed E-state index contributed by atoms with van der Waals surface area (Å²) >= 11 is 0. The first-order chi connectivity index (χ1) is 13.9. The number of anilines is 2. The summed E-state index contributed by atoms with van der Waals surface area (Å²) in [6.45, 7) is 2.04. The van der Waals surface area contributed by atoms with E-state index in [0.717, 1.165) is 18.5 Å². The van der Waals surface area contributed by atoms with Crippen molar-refractivity contribution in [2.45, 2.75) is 13.0 Å². The van der Waals surface area contributed by atoms with E-state index in [0.29, 0.717) is 35.8 Å². The van der Waals surface area contributed by atoms with E-state index in [2.05, 4.69) is 25.5 Å². The first-order valence-corrected chi connectivity index (χ1v) is 9.25. The molecule has 152 valence electrons. The van der Waals surface area contributed by atoms with Gasteiger partial charge in [-0.3, -0.25) is 10.1 Å². The van der Waals surface area contributed by atoms with Crippen molar-refractivity contribution >= 4 is 28.4 Å². The van der Waals surface area contributed by atoms with Crippen LogP contribution in [0.25, 0.3) is 11.0 Å². The van der Waals surface area contributed by atoms with Gasteiger partial charge in [-0.15, -0.1) is 0 Å². The summed E-state index contributed by atoms with van der Waals surface area (Å²) in [6, 6.07) is 10.6. The third kappa shape index (κ3) is 5.58. The molecule has 0 unspecified atom stereocenters. The number of halogens is 1. The Labute approximate surface area is 167 Å². The zero-order chi connectivity index (χ0) is 20.8. The normalized spacial score (nSPS) is 11.0. The third-order valence-corrected chi connectivity index (χ3v) is 4.31. The molecule has 0 saturated carbocycles. The average molecular weight is 398 g/mol. The van der Waals surface area contributed by atoms with Gasteiger partial charge in [-0.1, -0.05) is 12.1 Å². The van der Waals surface area contributed by atoms with E-state index in [-0.39, 0.29) is 11.5 Å². The third-order valence-electron chi connectivity index (χ3n) is 4.31. The number of rotatable bonds is 9. The second-order valence-corrected chi connectivity index (χ2v) is 6.91. The Hall–Kier alpha value is -3.33. The SMILES string of the molecule is CN(C)CCCNc1nc2cc([N+](=O)[O-])ccc2nc1NCc1ccc(F)cc1. The van der Waals surface area contributed by atoms with Crippen LogP contribution in [0, 0.1) is 15.9 Å². The number of non-ortho nitro benzene ring substituents is 1. The molecule has 8 nitrogen and oxygen atoms in total. The van der Waals surface area contributed by atoms with Crippen LogP contribution in [0.2, 0.25) is 0 Å². The van der Waals surface area contributed by atoms with Crippen molar-refractivity contribution in [3.63, 3.8) is 0 Å². The molecule has 9 heteroatoms. The Morgan fingerprint density at radius 1 is 1.03 bits per heavy atom. The highest BCUT2D eigenvalue weighted by atomic mass is 19.1. The summed E-state index contributed by atoms with van der Waals surface area (Å²) in [5.41, 5.74) is 1.87. The van der Waals surface area contributed by atoms with Crippen molar-refractivity contribution < 1.29 is 9.31 Å². The fourth-order valence-electron chi connectivity index (χ4n) is 2.79. The van der Waals surface area contributed by atoms with Crippen LogP contribution in [0.1, 0.15) is 12.0 Å². The topological polar surface area (TPSA) is 96.2 Å². The predicted octanol–water partition coefficient (Wildman–Crippen LogP) is 3.65. The monoisotopic (exact) mass is 398 g/mol. The number of nitro groups is 1.